The van der Waals surface area contributed by atoms with Crippen LogP contribution in [0.15, 0.2) is 0 Å². The molecule has 0 unspecified atom stereocenters. The molecule has 7 heteroatoms. The first-order chi connectivity index (χ1) is 7.25. The highest BCUT2D eigenvalue weighted by Gasteiger charge is 2.26. The number of hydrogen-bond acceptors (Lipinski definition) is 5. The molecule has 1 saturated carbocycles. The Morgan fingerprint density at radius 3 is 2.67 bits per heavy atom. The van der Waals surface area contributed by atoms with Gasteiger partial charge < -0.3 is 10.5 Å². The van der Waals surface area contributed by atoms with Gasteiger partial charge in [-0.1, -0.05) is 0 Å². The summed E-state index contributed by atoms with van der Waals surface area (Å²) < 4.78 is 4.93. The Morgan fingerprint density at radius 2 is 2.13 bits per heavy atom. The SMILES string of the molecule is NC(=O)O[C@H]1CC[C@H](c2nnn[nH]2)CC1. The molecule has 1 aliphatic carbocycles. The number of nitrogens with zero attached hydrogens (tertiary/aromatic N) is 3. The highest BCUT2D eigenvalue weighted by atomic mass is 16.6. The lowest BCUT2D eigenvalue weighted by molar-refractivity contribution is 0.0781. The van der Waals surface area contributed by atoms with Crippen molar-refractivity contribution in [3.8, 4) is 0 Å². The van der Waals surface area contributed by atoms with Gasteiger partial charge in [0.25, 0.3) is 0 Å². The van der Waals surface area contributed by atoms with E-state index < -0.39 is 6.09 Å². The summed E-state index contributed by atoms with van der Waals surface area (Å²) in [4.78, 5) is 10.5. The van der Waals surface area contributed by atoms with Gasteiger partial charge in [-0.25, -0.2) is 9.89 Å². The van der Waals surface area contributed by atoms with Crippen molar-refractivity contribution < 1.29 is 9.53 Å². The molecule has 1 aliphatic rings. The second kappa shape index (κ2) is 4.24. The lowest BCUT2D eigenvalue weighted by atomic mass is 9.87. The number of H-pyrrole nitrogens is 1. The van der Waals surface area contributed by atoms with Crippen molar-refractivity contribution in [3.63, 3.8) is 0 Å². The van der Waals surface area contributed by atoms with Crippen molar-refractivity contribution in [1.29, 1.82) is 0 Å². The van der Waals surface area contributed by atoms with Crippen molar-refractivity contribution in [1.82, 2.24) is 20.6 Å². The summed E-state index contributed by atoms with van der Waals surface area (Å²) in [7, 11) is 0. The average molecular weight is 211 g/mol. The monoisotopic (exact) mass is 211 g/mol. The van der Waals surface area contributed by atoms with Gasteiger partial charge in [0.1, 0.15) is 6.10 Å². The number of carbonyl (C=O) groups is 1. The summed E-state index contributed by atoms with van der Waals surface area (Å²) in [5.41, 5.74) is 4.95. The average Bonchev–Trinajstić information content (AvgIpc) is 2.71. The Balaban J connectivity index is 1.84. The molecule has 0 saturated heterocycles. The lowest BCUT2D eigenvalue weighted by Gasteiger charge is -2.25. The molecule has 3 N–H and O–H groups in total. The van der Waals surface area contributed by atoms with Crippen LogP contribution in [0.5, 0.6) is 0 Å². The normalized spacial score (nSPS) is 26.1. The van der Waals surface area contributed by atoms with Gasteiger partial charge in [-0.05, 0) is 36.1 Å². The first-order valence-corrected chi connectivity index (χ1v) is 4.95. The van der Waals surface area contributed by atoms with Gasteiger partial charge in [0.05, 0.1) is 0 Å². The first-order valence-electron chi connectivity index (χ1n) is 4.95. The van der Waals surface area contributed by atoms with Gasteiger partial charge in [-0.2, -0.15) is 0 Å². The molecule has 0 radical (unpaired) electrons. The van der Waals surface area contributed by atoms with E-state index in [0.29, 0.717) is 5.92 Å². The van der Waals surface area contributed by atoms with Gasteiger partial charge in [0.15, 0.2) is 5.82 Å². The van der Waals surface area contributed by atoms with Gasteiger partial charge in [-0.3, -0.25) is 0 Å². The number of carbonyl (C=O) groups excluding carboxylic acids is 1. The van der Waals surface area contributed by atoms with Crippen LogP contribution in [0.25, 0.3) is 0 Å². The van der Waals surface area contributed by atoms with E-state index in [1.165, 1.54) is 0 Å². The van der Waals surface area contributed by atoms with Crippen LogP contribution in [0.3, 0.4) is 0 Å². The lowest BCUT2D eigenvalue weighted by Crippen LogP contribution is -2.26. The van der Waals surface area contributed by atoms with Crippen LogP contribution < -0.4 is 5.73 Å². The Labute approximate surface area is 86.4 Å². The fourth-order valence-electron chi connectivity index (χ4n) is 1.96. The van der Waals surface area contributed by atoms with E-state index in [-0.39, 0.29) is 6.10 Å². The summed E-state index contributed by atoms with van der Waals surface area (Å²) in [6.07, 6.45) is 2.71. The summed E-state index contributed by atoms with van der Waals surface area (Å²) in [6, 6.07) is 0. The topological polar surface area (TPSA) is 107 Å². The van der Waals surface area contributed by atoms with Crippen LogP contribution in [-0.4, -0.2) is 32.8 Å². The Kier molecular flexibility index (Phi) is 2.79. The van der Waals surface area contributed by atoms with E-state index in [4.69, 9.17) is 10.5 Å². The molecular formula is C8H13N5O2. The van der Waals surface area contributed by atoms with Crippen molar-refractivity contribution in [2.24, 2.45) is 5.73 Å². The predicted octanol–water partition coefficient (Wildman–Crippen LogP) is 0.321. The third kappa shape index (κ3) is 2.42. The van der Waals surface area contributed by atoms with E-state index in [0.717, 1.165) is 31.5 Å². The number of tetrazole rings is 1. The van der Waals surface area contributed by atoms with Crippen LogP contribution >= 0.6 is 0 Å². The predicted molar refractivity (Wildman–Crippen MR) is 49.8 cm³/mol. The quantitative estimate of drug-likeness (QED) is 0.732. The van der Waals surface area contributed by atoms with Crippen LogP contribution in [0.1, 0.15) is 37.4 Å². The minimum atomic E-state index is -0.695. The van der Waals surface area contributed by atoms with Crippen LogP contribution in [-0.2, 0) is 4.74 Å². The number of primary amides is 1. The molecule has 0 spiro atoms. The van der Waals surface area contributed by atoms with Gasteiger partial charge in [0.2, 0.25) is 0 Å². The van der Waals surface area contributed by atoms with E-state index in [9.17, 15) is 4.79 Å². The Bertz CT molecular complexity index is 318. The molecule has 7 nitrogen and oxygen atoms in total. The number of aromatic nitrogens is 4. The van der Waals surface area contributed by atoms with Crippen molar-refractivity contribution in [2.75, 3.05) is 0 Å². The number of nitrogens with one attached hydrogen (secondary N) is 1. The summed E-state index contributed by atoms with van der Waals surface area (Å²) in [5.74, 6) is 1.15. The van der Waals surface area contributed by atoms with Gasteiger partial charge in [0, 0.05) is 5.92 Å². The third-order valence-electron chi connectivity index (χ3n) is 2.71. The molecule has 1 amide bonds. The van der Waals surface area contributed by atoms with E-state index in [1.807, 2.05) is 0 Å². The zero-order valence-corrected chi connectivity index (χ0v) is 8.22. The fourth-order valence-corrected chi connectivity index (χ4v) is 1.96. The minimum absolute atomic E-state index is 0.0466. The number of nitrogens with two attached hydrogens (primary N) is 1. The molecule has 0 bridgehead atoms. The van der Waals surface area contributed by atoms with Crippen LogP contribution in [0.4, 0.5) is 4.79 Å². The van der Waals surface area contributed by atoms with Crippen LogP contribution in [0.2, 0.25) is 0 Å². The van der Waals surface area contributed by atoms with E-state index in [1.54, 1.807) is 0 Å². The summed E-state index contributed by atoms with van der Waals surface area (Å²) in [5, 5.41) is 13.7. The minimum Gasteiger partial charge on any atom is -0.446 e. The van der Waals surface area contributed by atoms with Crippen molar-refractivity contribution in [2.45, 2.75) is 37.7 Å². The molecule has 1 fully saturated rings. The molecule has 0 aromatic carbocycles. The Morgan fingerprint density at radius 1 is 1.40 bits per heavy atom. The third-order valence-corrected chi connectivity index (χ3v) is 2.71. The molecule has 82 valence electrons. The smallest absolute Gasteiger partial charge is 0.404 e. The van der Waals surface area contributed by atoms with Gasteiger partial charge >= 0.3 is 6.09 Å². The molecule has 1 aromatic heterocycles. The standard InChI is InChI=1S/C8H13N5O2/c9-8(14)15-6-3-1-5(2-4-6)7-10-12-13-11-7/h5-6H,1-4H2,(H2,9,14)(H,10,11,12,13)/t5-,6-. The zero-order chi connectivity index (χ0) is 10.7. The van der Waals surface area contributed by atoms with Crippen molar-refractivity contribution in [3.05, 3.63) is 5.82 Å². The van der Waals surface area contributed by atoms with Gasteiger partial charge in [-0.15, -0.1) is 5.10 Å². The van der Waals surface area contributed by atoms with E-state index in [2.05, 4.69) is 20.6 Å². The Hall–Kier alpha value is -1.66. The van der Waals surface area contributed by atoms with Crippen molar-refractivity contribution >= 4 is 6.09 Å². The second-order valence-electron chi connectivity index (χ2n) is 3.70. The molecule has 1 heterocycles. The first kappa shape index (κ1) is 9.88. The maximum atomic E-state index is 10.5. The molecule has 15 heavy (non-hydrogen) atoms. The molecule has 0 atom stereocenters. The summed E-state index contributed by atoms with van der Waals surface area (Å²) >= 11 is 0. The number of hydrogen-bond donors (Lipinski definition) is 2. The summed E-state index contributed by atoms with van der Waals surface area (Å²) in [6.45, 7) is 0. The molecule has 0 aliphatic heterocycles. The largest absolute Gasteiger partial charge is 0.446 e. The molecule has 2 rings (SSSR count). The maximum absolute atomic E-state index is 10.5. The maximum Gasteiger partial charge on any atom is 0.404 e. The number of rotatable bonds is 2. The number of amides is 1. The molecule has 1 aromatic rings. The molecular weight excluding hydrogens is 198 g/mol. The highest BCUT2D eigenvalue weighted by Crippen LogP contribution is 2.31. The number of aromatic amines is 1. The van der Waals surface area contributed by atoms with E-state index >= 15 is 0 Å². The highest BCUT2D eigenvalue weighted by molar-refractivity contribution is 5.64. The fraction of sp³-hybridized carbons (Fsp3) is 0.750. The number of ether oxygens (including phenoxy) is 1. The zero-order valence-electron chi connectivity index (χ0n) is 8.22. The second-order valence-corrected chi connectivity index (χ2v) is 3.70. The van der Waals surface area contributed by atoms with Crippen LogP contribution in [0, 0.1) is 0 Å².